The minimum Gasteiger partial charge on any atom is -0.444 e. The molecular weight excluding hydrogens is 244 g/mol. The molecule has 0 spiro atoms. The SMILES string of the molecule is CC(C)(C)OC(=O)Nc1cccc(C(C)(O)CN)c1. The topological polar surface area (TPSA) is 84.6 Å². The second-order valence-electron chi connectivity index (χ2n) is 5.69. The van der Waals surface area contributed by atoms with E-state index in [0.717, 1.165) is 0 Å². The number of hydrogen-bond donors (Lipinski definition) is 3. The highest BCUT2D eigenvalue weighted by molar-refractivity contribution is 5.85. The molecule has 0 aliphatic heterocycles. The summed E-state index contributed by atoms with van der Waals surface area (Å²) < 4.78 is 5.16. The van der Waals surface area contributed by atoms with Crippen molar-refractivity contribution in [2.24, 2.45) is 5.73 Å². The molecule has 0 heterocycles. The summed E-state index contributed by atoms with van der Waals surface area (Å²) in [5.41, 5.74) is 5.04. The minimum atomic E-state index is -1.12. The van der Waals surface area contributed by atoms with Crippen LogP contribution in [0.25, 0.3) is 0 Å². The molecule has 106 valence electrons. The molecule has 1 amide bonds. The molecule has 1 atom stereocenters. The van der Waals surface area contributed by atoms with Crippen molar-refractivity contribution < 1.29 is 14.6 Å². The van der Waals surface area contributed by atoms with Gasteiger partial charge in [0.1, 0.15) is 5.60 Å². The predicted octanol–water partition coefficient (Wildman–Crippen LogP) is 2.20. The first kappa shape index (κ1) is 15.5. The van der Waals surface area contributed by atoms with Gasteiger partial charge in [-0.1, -0.05) is 12.1 Å². The largest absolute Gasteiger partial charge is 0.444 e. The Morgan fingerprint density at radius 2 is 2.00 bits per heavy atom. The summed E-state index contributed by atoms with van der Waals surface area (Å²) in [5, 5.41) is 12.7. The van der Waals surface area contributed by atoms with Gasteiger partial charge in [0, 0.05) is 12.2 Å². The van der Waals surface area contributed by atoms with Gasteiger partial charge in [0.05, 0.1) is 5.60 Å². The van der Waals surface area contributed by atoms with Crippen molar-refractivity contribution in [2.75, 3.05) is 11.9 Å². The molecule has 0 saturated heterocycles. The van der Waals surface area contributed by atoms with Crippen LogP contribution >= 0.6 is 0 Å². The third-order valence-electron chi connectivity index (χ3n) is 2.53. The Morgan fingerprint density at radius 3 is 2.53 bits per heavy atom. The first-order valence-electron chi connectivity index (χ1n) is 6.17. The van der Waals surface area contributed by atoms with Gasteiger partial charge in [-0.05, 0) is 45.4 Å². The first-order valence-corrected chi connectivity index (χ1v) is 6.17. The quantitative estimate of drug-likeness (QED) is 0.783. The number of benzene rings is 1. The van der Waals surface area contributed by atoms with Crippen LogP contribution in [0, 0.1) is 0 Å². The fourth-order valence-corrected chi connectivity index (χ4v) is 1.47. The van der Waals surface area contributed by atoms with Gasteiger partial charge in [0.25, 0.3) is 0 Å². The van der Waals surface area contributed by atoms with Crippen LogP contribution < -0.4 is 11.1 Å². The van der Waals surface area contributed by atoms with E-state index in [1.807, 2.05) is 0 Å². The van der Waals surface area contributed by atoms with Crippen LogP contribution in [-0.2, 0) is 10.3 Å². The van der Waals surface area contributed by atoms with Crippen LogP contribution in [0.5, 0.6) is 0 Å². The number of anilines is 1. The molecule has 5 heteroatoms. The second kappa shape index (κ2) is 5.59. The molecular formula is C14H22N2O3. The summed E-state index contributed by atoms with van der Waals surface area (Å²) in [6.45, 7) is 7.11. The van der Waals surface area contributed by atoms with Gasteiger partial charge in [0.2, 0.25) is 0 Å². The van der Waals surface area contributed by atoms with Crippen LogP contribution in [0.3, 0.4) is 0 Å². The van der Waals surface area contributed by atoms with E-state index in [1.165, 1.54) is 0 Å². The number of aliphatic hydroxyl groups is 1. The highest BCUT2D eigenvalue weighted by Gasteiger charge is 2.21. The summed E-state index contributed by atoms with van der Waals surface area (Å²) in [6, 6.07) is 6.90. The highest BCUT2D eigenvalue weighted by atomic mass is 16.6. The molecule has 0 aromatic heterocycles. The van der Waals surface area contributed by atoms with Crippen LogP contribution in [0.1, 0.15) is 33.3 Å². The standard InChI is InChI=1S/C14H22N2O3/c1-13(2,3)19-12(17)16-11-7-5-6-10(8-11)14(4,18)9-15/h5-8,18H,9,15H2,1-4H3,(H,16,17). The summed E-state index contributed by atoms with van der Waals surface area (Å²) >= 11 is 0. The molecule has 1 aromatic rings. The Kier molecular flexibility index (Phi) is 4.55. The molecule has 0 aliphatic rings. The summed E-state index contributed by atoms with van der Waals surface area (Å²) in [7, 11) is 0. The number of hydrogen-bond acceptors (Lipinski definition) is 4. The maximum atomic E-state index is 11.6. The zero-order valence-corrected chi connectivity index (χ0v) is 11.9. The van der Waals surface area contributed by atoms with Crippen molar-refractivity contribution in [2.45, 2.75) is 38.9 Å². The molecule has 0 bridgehead atoms. The van der Waals surface area contributed by atoms with Crippen molar-refractivity contribution in [1.29, 1.82) is 0 Å². The third kappa shape index (κ3) is 4.89. The van der Waals surface area contributed by atoms with Crippen LogP contribution in [0.2, 0.25) is 0 Å². The highest BCUT2D eigenvalue weighted by Crippen LogP contribution is 2.22. The molecule has 1 unspecified atom stereocenters. The fraction of sp³-hybridized carbons (Fsp3) is 0.500. The smallest absolute Gasteiger partial charge is 0.412 e. The van der Waals surface area contributed by atoms with Crippen molar-refractivity contribution >= 4 is 11.8 Å². The lowest BCUT2D eigenvalue weighted by atomic mass is 9.96. The average Bonchev–Trinajstić information content (AvgIpc) is 2.26. The van der Waals surface area contributed by atoms with E-state index in [1.54, 1.807) is 52.0 Å². The fourth-order valence-electron chi connectivity index (χ4n) is 1.47. The van der Waals surface area contributed by atoms with E-state index in [0.29, 0.717) is 11.3 Å². The van der Waals surface area contributed by atoms with E-state index < -0.39 is 17.3 Å². The van der Waals surface area contributed by atoms with Crippen molar-refractivity contribution in [1.82, 2.24) is 0 Å². The van der Waals surface area contributed by atoms with E-state index in [9.17, 15) is 9.90 Å². The van der Waals surface area contributed by atoms with E-state index in [-0.39, 0.29) is 6.54 Å². The molecule has 1 aromatic carbocycles. The van der Waals surface area contributed by atoms with E-state index in [2.05, 4.69) is 5.32 Å². The van der Waals surface area contributed by atoms with Crippen LogP contribution in [0.15, 0.2) is 24.3 Å². The van der Waals surface area contributed by atoms with E-state index in [4.69, 9.17) is 10.5 Å². The molecule has 0 saturated carbocycles. The van der Waals surface area contributed by atoms with Crippen molar-refractivity contribution in [3.8, 4) is 0 Å². The number of amides is 1. The van der Waals surface area contributed by atoms with Crippen LogP contribution in [0.4, 0.5) is 10.5 Å². The molecule has 0 aliphatic carbocycles. The van der Waals surface area contributed by atoms with Gasteiger partial charge >= 0.3 is 6.09 Å². The van der Waals surface area contributed by atoms with Crippen molar-refractivity contribution in [3.63, 3.8) is 0 Å². The van der Waals surface area contributed by atoms with Gasteiger partial charge in [-0.2, -0.15) is 0 Å². The molecule has 0 radical (unpaired) electrons. The normalized spacial score (nSPS) is 14.6. The Balaban J connectivity index is 2.81. The number of nitrogens with one attached hydrogen (secondary N) is 1. The molecule has 1 rings (SSSR count). The zero-order valence-electron chi connectivity index (χ0n) is 11.9. The maximum absolute atomic E-state index is 11.6. The molecule has 0 fully saturated rings. The van der Waals surface area contributed by atoms with Gasteiger partial charge < -0.3 is 15.6 Å². The summed E-state index contributed by atoms with van der Waals surface area (Å²) in [4.78, 5) is 11.6. The minimum absolute atomic E-state index is 0.100. The Labute approximate surface area is 113 Å². The molecule has 19 heavy (non-hydrogen) atoms. The lowest BCUT2D eigenvalue weighted by Gasteiger charge is -2.23. The van der Waals surface area contributed by atoms with Crippen LogP contribution in [-0.4, -0.2) is 23.3 Å². The van der Waals surface area contributed by atoms with Gasteiger partial charge in [0.15, 0.2) is 0 Å². The van der Waals surface area contributed by atoms with Gasteiger partial charge in [-0.25, -0.2) is 4.79 Å². The number of carbonyl (C=O) groups excluding carboxylic acids is 1. The predicted molar refractivity (Wildman–Crippen MR) is 74.9 cm³/mol. The third-order valence-corrected chi connectivity index (χ3v) is 2.53. The number of carbonyl (C=O) groups is 1. The summed E-state index contributed by atoms with van der Waals surface area (Å²) in [5.74, 6) is 0. The van der Waals surface area contributed by atoms with E-state index >= 15 is 0 Å². The van der Waals surface area contributed by atoms with Crippen molar-refractivity contribution in [3.05, 3.63) is 29.8 Å². The Hall–Kier alpha value is -1.59. The van der Waals surface area contributed by atoms with Gasteiger partial charge in [-0.3, -0.25) is 5.32 Å². The summed E-state index contributed by atoms with van der Waals surface area (Å²) in [6.07, 6.45) is -0.531. The number of nitrogens with two attached hydrogens (primary N) is 1. The Morgan fingerprint density at radius 1 is 1.37 bits per heavy atom. The molecule has 4 N–H and O–H groups in total. The first-order chi connectivity index (χ1) is 8.64. The number of rotatable bonds is 3. The Bertz CT molecular complexity index is 450. The zero-order chi connectivity index (χ0) is 14.7. The average molecular weight is 266 g/mol. The lowest BCUT2D eigenvalue weighted by Crippen LogP contribution is -2.31. The molecule has 5 nitrogen and oxygen atoms in total. The lowest BCUT2D eigenvalue weighted by molar-refractivity contribution is 0.0629. The number of ether oxygens (including phenoxy) is 1. The monoisotopic (exact) mass is 266 g/mol. The second-order valence-corrected chi connectivity index (χ2v) is 5.69. The van der Waals surface area contributed by atoms with Gasteiger partial charge in [-0.15, -0.1) is 0 Å². The maximum Gasteiger partial charge on any atom is 0.412 e.